The zero-order chi connectivity index (χ0) is 25.8. The zero-order valence-corrected chi connectivity index (χ0v) is 21.2. The van der Waals surface area contributed by atoms with Gasteiger partial charge in [-0.2, -0.15) is 12.7 Å². The lowest BCUT2D eigenvalue weighted by atomic mass is 9.86. The topological polar surface area (TPSA) is 113 Å². The molecule has 2 aromatic rings. The number of Topliss-reactive ketones (excluding diaryl/α,β-unsaturated/α-hetero) is 1. The fraction of sp³-hybridized carbons (Fsp3) is 0.440. The normalized spacial score (nSPS) is 20.5. The molecule has 0 spiro atoms. The van der Waals surface area contributed by atoms with Gasteiger partial charge in [0, 0.05) is 38.8 Å². The average Bonchev–Trinajstić information content (AvgIpc) is 2.77. The van der Waals surface area contributed by atoms with E-state index in [0.29, 0.717) is 31.5 Å². The summed E-state index contributed by atoms with van der Waals surface area (Å²) in [6.07, 6.45) is 1.76. The number of carbonyl (C=O) groups excluding carboxylic acids is 2. The molecule has 1 heterocycles. The third kappa shape index (κ3) is 6.52. The summed E-state index contributed by atoms with van der Waals surface area (Å²) in [6, 6.07) is 11.9. The summed E-state index contributed by atoms with van der Waals surface area (Å²) in [6.45, 7) is 4.06. The Bertz CT molecular complexity index is 1140. The molecule has 1 fully saturated rings. The first-order chi connectivity index (χ1) is 16.4. The van der Waals surface area contributed by atoms with Crippen LogP contribution in [0.5, 0.6) is 11.5 Å². The molecule has 1 N–H and O–H groups in total. The van der Waals surface area contributed by atoms with Crippen molar-refractivity contribution in [1.29, 1.82) is 0 Å². The van der Waals surface area contributed by atoms with Crippen molar-refractivity contribution in [3.05, 3.63) is 54.1 Å². The molecule has 35 heavy (non-hydrogen) atoms. The number of nitrogens with zero attached hydrogens (tertiary/aromatic N) is 2. The van der Waals surface area contributed by atoms with Gasteiger partial charge in [-0.15, -0.1) is 0 Å². The van der Waals surface area contributed by atoms with Crippen LogP contribution >= 0.6 is 0 Å². The molecule has 9 nitrogen and oxygen atoms in total. The Balaban J connectivity index is 1.78. The molecule has 0 aliphatic carbocycles. The number of phenolic OH excluding ortho intramolecular Hbond substituents is 1. The average molecular weight is 505 g/mol. The molecule has 2 aromatic carbocycles. The molecule has 3 rings (SSSR count). The summed E-state index contributed by atoms with van der Waals surface area (Å²) < 4.78 is 36.1. The molecule has 1 aliphatic heterocycles. The van der Waals surface area contributed by atoms with Crippen LogP contribution in [0.4, 0.5) is 5.69 Å². The van der Waals surface area contributed by atoms with Crippen LogP contribution in [-0.4, -0.2) is 61.9 Å². The maximum atomic E-state index is 13.3. The Hall–Kier alpha value is -3.11. The number of phenols is 1. The van der Waals surface area contributed by atoms with Gasteiger partial charge >= 0.3 is 16.3 Å². The smallest absolute Gasteiger partial charge is 0.384 e. The molecule has 10 heteroatoms. The highest BCUT2D eigenvalue weighted by atomic mass is 32.2. The second-order valence-corrected chi connectivity index (χ2v) is 10.8. The Morgan fingerprint density at radius 3 is 2.43 bits per heavy atom. The molecule has 2 unspecified atom stereocenters. The Morgan fingerprint density at radius 1 is 1.14 bits per heavy atom. The van der Waals surface area contributed by atoms with Gasteiger partial charge in [0.05, 0.1) is 0 Å². The first-order valence-electron chi connectivity index (χ1n) is 11.5. The summed E-state index contributed by atoms with van der Waals surface area (Å²) >= 11 is 0. The Labute approximate surface area is 206 Å². The molecule has 1 aliphatic rings. The van der Waals surface area contributed by atoms with Gasteiger partial charge in [0.25, 0.3) is 0 Å². The summed E-state index contributed by atoms with van der Waals surface area (Å²) in [5.74, 6) is -0.634. The van der Waals surface area contributed by atoms with Crippen molar-refractivity contribution in [2.75, 3.05) is 25.5 Å². The monoisotopic (exact) mass is 504 g/mol. The molecule has 0 radical (unpaired) electrons. The van der Waals surface area contributed by atoms with Crippen molar-refractivity contribution in [2.24, 2.45) is 0 Å². The predicted octanol–water partition coefficient (Wildman–Crippen LogP) is 3.07. The Morgan fingerprint density at radius 2 is 1.83 bits per heavy atom. The van der Waals surface area contributed by atoms with Gasteiger partial charge in [-0.3, -0.25) is 4.79 Å². The van der Waals surface area contributed by atoms with E-state index in [4.69, 9.17) is 8.92 Å². The van der Waals surface area contributed by atoms with E-state index in [1.54, 1.807) is 48.2 Å². The van der Waals surface area contributed by atoms with E-state index in [-0.39, 0.29) is 23.7 Å². The quantitative estimate of drug-likeness (QED) is 0.388. The third-order valence-electron chi connectivity index (χ3n) is 5.88. The number of anilines is 1. The fourth-order valence-electron chi connectivity index (χ4n) is 4.00. The number of ketones is 1. The molecule has 0 bridgehead atoms. The van der Waals surface area contributed by atoms with Crippen molar-refractivity contribution in [3.63, 3.8) is 0 Å². The van der Waals surface area contributed by atoms with Gasteiger partial charge in [-0.25, -0.2) is 4.79 Å². The summed E-state index contributed by atoms with van der Waals surface area (Å²) in [5, 5.41) is 9.45. The number of rotatable bonds is 10. The summed E-state index contributed by atoms with van der Waals surface area (Å²) in [4.78, 5) is 28.0. The van der Waals surface area contributed by atoms with Crippen LogP contribution < -0.4 is 9.08 Å². The van der Waals surface area contributed by atoms with E-state index in [9.17, 15) is 23.1 Å². The van der Waals surface area contributed by atoms with Gasteiger partial charge in [-0.05, 0) is 56.0 Å². The third-order valence-corrected chi connectivity index (χ3v) is 7.17. The van der Waals surface area contributed by atoms with Crippen LogP contribution in [0.1, 0.15) is 38.7 Å². The van der Waals surface area contributed by atoms with E-state index in [0.717, 1.165) is 9.87 Å². The second-order valence-electron chi connectivity index (χ2n) is 9.10. The molecular formula is C25H32N2O7S. The van der Waals surface area contributed by atoms with Crippen molar-refractivity contribution in [1.82, 2.24) is 4.31 Å². The van der Waals surface area contributed by atoms with Crippen LogP contribution in [0.15, 0.2) is 48.5 Å². The molecular weight excluding hydrogens is 472 g/mol. The number of cyclic esters (lactones) is 1. The van der Waals surface area contributed by atoms with Gasteiger partial charge in [0.1, 0.15) is 17.1 Å². The summed E-state index contributed by atoms with van der Waals surface area (Å²) in [7, 11) is -1.24. The molecule has 1 saturated heterocycles. The SMILES string of the molecule is CCCN(c1cccc(OS(=O)(=O)N(C)C)c1)C1C(=O)CC(C)(CCc2ccc(O)cc2)OC1=O. The highest BCUT2D eigenvalue weighted by Crippen LogP contribution is 2.33. The number of ether oxygens (including phenoxy) is 1. The standard InChI is InChI=1S/C25H32N2O7S/c1-5-15-27(19-7-6-8-21(16-19)34-35(31,32)26(3)4)23-22(29)17-25(2,33-24(23)30)14-13-18-9-11-20(28)12-10-18/h6-12,16,23,28H,5,13-15,17H2,1-4H3. The van der Waals surface area contributed by atoms with Crippen molar-refractivity contribution < 1.29 is 32.0 Å². The molecule has 0 saturated carbocycles. The Kier molecular flexibility index (Phi) is 8.07. The van der Waals surface area contributed by atoms with Crippen LogP contribution in [0.3, 0.4) is 0 Å². The first-order valence-corrected chi connectivity index (χ1v) is 12.8. The number of aryl methyl sites for hydroxylation is 1. The number of hydrogen-bond acceptors (Lipinski definition) is 8. The minimum absolute atomic E-state index is 0.0624. The van der Waals surface area contributed by atoms with Crippen LogP contribution in [0.2, 0.25) is 0 Å². The summed E-state index contributed by atoms with van der Waals surface area (Å²) in [5.41, 5.74) is 0.513. The molecule has 0 aromatic heterocycles. The first kappa shape index (κ1) is 26.5. The largest absolute Gasteiger partial charge is 0.508 e. The maximum Gasteiger partial charge on any atom is 0.384 e. The minimum atomic E-state index is -3.96. The highest BCUT2D eigenvalue weighted by Gasteiger charge is 2.46. The number of hydrogen-bond donors (Lipinski definition) is 1. The van der Waals surface area contributed by atoms with Gasteiger partial charge < -0.3 is 18.9 Å². The van der Waals surface area contributed by atoms with Gasteiger partial charge in [0.15, 0.2) is 11.8 Å². The van der Waals surface area contributed by atoms with Crippen LogP contribution in [0.25, 0.3) is 0 Å². The molecule has 0 amide bonds. The van der Waals surface area contributed by atoms with Gasteiger partial charge in [0.2, 0.25) is 0 Å². The van der Waals surface area contributed by atoms with Crippen LogP contribution in [-0.2, 0) is 31.1 Å². The van der Waals surface area contributed by atoms with E-state index in [1.165, 1.54) is 26.2 Å². The second kappa shape index (κ2) is 10.7. The maximum absolute atomic E-state index is 13.3. The van der Waals surface area contributed by atoms with Crippen molar-refractivity contribution >= 4 is 27.7 Å². The predicted molar refractivity (Wildman–Crippen MR) is 132 cm³/mol. The molecule has 2 atom stereocenters. The fourth-order valence-corrected chi connectivity index (χ4v) is 4.50. The molecule has 190 valence electrons. The van der Waals surface area contributed by atoms with E-state index in [1.807, 2.05) is 6.92 Å². The zero-order valence-electron chi connectivity index (χ0n) is 20.4. The number of carbonyl (C=O) groups is 2. The minimum Gasteiger partial charge on any atom is -0.508 e. The number of aromatic hydroxyl groups is 1. The van der Waals surface area contributed by atoms with Crippen molar-refractivity contribution in [3.8, 4) is 11.5 Å². The lowest BCUT2D eigenvalue weighted by Crippen LogP contribution is -2.56. The lowest BCUT2D eigenvalue weighted by molar-refractivity contribution is -0.171. The van der Waals surface area contributed by atoms with E-state index >= 15 is 0 Å². The van der Waals surface area contributed by atoms with E-state index < -0.39 is 27.9 Å². The highest BCUT2D eigenvalue weighted by molar-refractivity contribution is 7.84. The van der Waals surface area contributed by atoms with Crippen LogP contribution in [0, 0.1) is 0 Å². The number of esters is 1. The number of benzene rings is 2. The van der Waals surface area contributed by atoms with Crippen molar-refractivity contribution in [2.45, 2.75) is 51.2 Å². The van der Waals surface area contributed by atoms with E-state index in [2.05, 4.69) is 0 Å². The lowest BCUT2D eigenvalue weighted by Gasteiger charge is -2.40. The van der Waals surface area contributed by atoms with Gasteiger partial charge in [-0.1, -0.05) is 25.1 Å².